The highest BCUT2D eigenvalue weighted by Gasteiger charge is 2.29. The van der Waals surface area contributed by atoms with Gasteiger partial charge in [0.05, 0.1) is 25.2 Å². The Morgan fingerprint density at radius 1 is 1.56 bits per heavy atom. The third kappa shape index (κ3) is 2.86. The fourth-order valence-corrected chi connectivity index (χ4v) is 2.46. The standard InChI is InChI=1S/C13H21NO2/c1-3-14-13(7-11-4-5-15-8-11)12-6-10(2)16-9-12/h4-5,8,10,12-14H,3,6-7,9H2,1-2H3. The molecule has 3 unspecified atom stereocenters. The van der Waals surface area contributed by atoms with Gasteiger partial charge in [0, 0.05) is 12.0 Å². The summed E-state index contributed by atoms with van der Waals surface area (Å²) in [6.45, 7) is 6.20. The topological polar surface area (TPSA) is 34.4 Å². The molecule has 1 saturated heterocycles. The van der Waals surface area contributed by atoms with Crippen molar-refractivity contribution in [3.63, 3.8) is 0 Å². The molecule has 2 heterocycles. The highest BCUT2D eigenvalue weighted by atomic mass is 16.5. The van der Waals surface area contributed by atoms with Crippen molar-refractivity contribution in [3.8, 4) is 0 Å². The molecule has 1 aromatic heterocycles. The number of hydrogen-bond acceptors (Lipinski definition) is 3. The van der Waals surface area contributed by atoms with Gasteiger partial charge in [0.15, 0.2) is 0 Å². The van der Waals surface area contributed by atoms with Crippen LogP contribution in [0.3, 0.4) is 0 Å². The molecule has 0 radical (unpaired) electrons. The Hall–Kier alpha value is -0.800. The maximum atomic E-state index is 5.65. The Morgan fingerprint density at radius 2 is 2.44 bits per heavy atom. The fourth-order valence-electron chi connectivity index (χ4n) is 2.46. The van der Waals surface area contributed by atoms with Gasteiger partial charge in [-0.15, -0.1) is 0 Å². The quantitative estimate of drug-likeness (QED) is 0.831. The monoisotopic (exact) mass is 223 g/mol. The van der Waals surface area contributed by atoms with Gasteiger partial charge in [-0.25, -0.2) is 0 Å². The lowest BCUT2D eigenvalue weighted by molar-refractivity contribution is 0.117. The molecular weight excluding hydrogens is 202 g/mol. The highest BCUT2D eigenvalue weighted by Crippen LogP contribution is 2.24. The number of hydrogen-bond donors (Lipinski definition) is 1. The number of likely N-dealkylation sites (N-methyl/N-ethyl adjacent to an activating group) is 1. The van der Waals surface area contributed by atoms with E-state index in [0.717, 1.165) is 26.0 Å². The third-order valence-corrected chi connectivity index (χ3v) is 3.30. The number of nitrogens with one attached hydrogen (secondary N) is 1. The minimum absolute atomic E-state index is 0.413. The Labute approximate surface area is 97.2 Å². The van der Waals surface area contributed by atoms with Crippen molar-refractivity contribution in [1.29, 1.82) is 0 Å². The summed E-state index contributed by atoms with van der Waals surface area (Å²) in [6, 6.07) is 2.55. The third-order valence-electron chi connectivity index (χ3n) is 3.30. The smallest absolute Gasteiger partial charge is 0.0935 e. The lowest BCUT2D eigenvalue weighted by atomic mass is 9.92. The summed E-state index contributed by atoms with van der Waals surface area (Å²) in [7, 11) is 0. The van der Waals surface area contributed by atoms with E-state index in [0.29, 0.717) is 18.1 Å². The average Bonchev–Trinajstić information content (AvgIpc) is 2.88. The summed E-state index contributed by atoms with van der Waals surface area (Å²) in [5.41, 5.74) is 1.27. The number of ether oxygens (including phenoxy) is 1. The zero-order valence-corrected chi connectivity index (χ0v) is 10.1. The van der Waals surface area contributed by atoms with Crippen LogP contribution in [-0.4, -0.2) is 25.3 Å². The summed E-state index contributed by atoms with van der Waals surface area (Å²) in [5.74, 6) is 0.629. The van der Waals surface area contributed by atoms with Gasteiger partial charge in [-0.2, -0.15) is 0 Å². The summed E-state index contributed by atoms with van der Waals surface area (Å²) in [6.07, 6.45) is 6.19. The Bertz CT molecular complexity index is 297. The Balaban J connectivity index is 1.94. The van der Waals surface area contributed by atoms with Crippen molar-refractivity contribution < 1.29 is 9.15 Å². The lowest BCUT2D eigenvalue weighted by Gasteiger charge is -2.22. The molecule has 0 aromatic carbocycles. The first kappa shape index (κ1) is 11.7. The van der Waals surface area contributed by atoms with Crippen LogP contribution in [0.5, 0.6) is 0 Å². The molecule has 16 heavy (non-hydrogen) atoms. The van der Waals surface area contributed by atoms with Crippen LogP contribution in [0.1, 0.15) is 25.8 Å². The number of rotatable bonds is 5. The Kier molecular flexibility index (Phi) is 4.02. The van der Waals surface area contributed by atoms with Gasteiger partial charge >= 0.3 is 0 Å². The molecule has 0 aliphatic carbocycles. The molecule has 1 aliphatic rings. The van der Waals surface area contributed by atoms with Crippen molar-refractivity contribution in [2.24, 2.45) is 5.92 Å². The van der Waals surface area contributed by atoms with Gasteiger partial charge in [0.2, 0.25) is 0 Å². The van der Waals surface area contributed by atoms with Crippen LogP contribution in [0.4, 0.5) is 0 Å². The van der Waals surface area contributed by atoms with Crippen molar-refractivity contribution >= 4 is 0 Å². The van der Waals surface area contributed by atoms with Gasteiger partial charge in [0.1, 0.15) is 0 Å². The van der Waals surface area contributed by atoms with Gasteiger partial charge in [-0.05, 0) is 37.9 Å². The van der Waals surface area contributed by atoms with Crippen molar-refractivity contribution in [2.75, 3.05) is 13.2 Å². The molecule has 3 atom stereocenters. The second-order valence-electron chi connectivity index (χ2n) is 4.64. The van der Waals surface area contributed by atoms with Crippen molar-refractivity contribution in [2.45, 2.75) is 38.8 Å². The molecular formula is C13H21NO2. The fraction of sp³-hybridized carbons (Fsp3) is 0.692. The molecule has 0 spiro atoms. The van der Waals surface area contributed by atoms with E-state index in [1.54, 1.807) is 6.26 Å². The summed E-state index contributed by atoms with van der Waals surface area (Å²) in [4.78, 5) is 0. The SMILES string of the molecule is CCNC(Cc1ccoc1)C1COC(C)C1. The van der Waals surface area contributed by atoms with Crippen LogP contribution in [0.15, 0.2) is 23.0 Å². The van der Waals surface area contributed by atoms with Gasteiger partial charge in [-0.3, -0.25) is 0 Å². The average molecular weight is 223 g/mol. The minimum atomic E-state index is 0.413. The largest absolute Gasteiger partial charge is 0.472 e. The molecule has 2 rings (SSSR count). The van der Waals surface area contributed by atoms with E-state index in [4.69, 9.17) is 9.15 Å². The molecule has 1 N–H and O–H groups in total. The van der Waals surface area contributed by atoms with E-state index in [1.807, 2.05) is 12.3 Å². The van der Waals surface area contributed by atoms with Crippen LogP contribution in [-0.2, 0) is 11.2 Å². The molecule has 1 aromatic rings. The first-order valence-electron chi connectivity index (χ1n) is 6.15. The summed E-state index contributed by atoms with van der Waals surface area (Å²) in [5, 5.41) is 3.56. The zero-order chi connectivity index (χ0) is 11.4. The van der Waals surface area contributed by atoms with E-state index in [-0.39, 0.29) is 0 Å². The van der Waals surface area contributed by atoms with E-state index in [2.05, 4.69) is 19.2 Å². The zero-order valence-electron chi connectivity index (χ0n) is 10.1. The van der Waals surface area contributed by atoms with Gasteiger partial charge in [0.25, 0.3) is 0 Å². The summed E-state index contributed by atoms with van der Waals surface area (Å²) < 4.78 is 10.8. The minimum Gasteiger partial charge on any atom is -0.472 e. The molecule has 1 fully saturated rings. The van der Waals surface area contributed by atoms with Crippen LogP contribution in [0, 0.1) is 5.92 Å². The van der Waals surface area contributed by atoms with Crippen molar-refractivity contribution in [3.05, 3.63) is 24.2 Å². The van der Waals surface area contributed by atoms with Crippen LogP contribution < -0.4 is 5.32 Å². The van der Waals surface area contributed by atoms with E-state index in [1.165, 1.54) is 5.56 Å². The van der Waals surface area contributed by atoms with E-state index >= 15 is 0 Å². The summed E-state index contributed by atoms with van der Waals surface area (Å²) >= 11 is 0. The molecule has 0 bridgehead atoms. The van der Waals surface area contributed by atoms with E-state index < -0.39 is 0 Å². The van der Waals surface area contributed by atoms with Crippen molar-refractivity contribution in [1.82, 2.24) is 5.32 Å². The maximum Gasteiger partial charge on any atom is 0.0935 e. The second kappa shape index (κ2) is 5.51. The molecule has 0 amide bonds. The highest BCUT2D eigenvalue weighted by molar-refractivity contribution is 5.08. The molecule has 0 saturated carbocycles. The normalized spacial score (nSPS) is 27.1. The molecule has 1 aliphatic heterocycles. The first-order valence-corrected chi connectivity index (χ1v) is 6.15. The first-order chi connectivity index (χ1) is 7.79. The second-order valence-corrected chi connectivity index (χ2v) is 4.64. The van der Waals surface area contributed by atoms with Crippen LogP contribution in [0.25, 0.3) is 0 Å². The van der Waals surface area contributed by atoms with Gasteiger partial charge < -0.3 is 14.5 Å². The molecule has 3 nitrogen and oxygen atoms in total. The predicted molar refractivity (Wildman–Crippen MR) is 63.4 cm³/mol. The maximum absolute atomic E-state index is 5.65. The van der Waals surface area contributed by atoms with Gasteiger partial charge in [-0.1, -0.05) is 6.92 Å². The van der Waals surface area contributed by atoms with E-state index in [9.17, 15) is 0 Å². The van der Waals surface area contributed by atoms with Crippen LogP contribution in [0.2, 0.25) is 0 Å². The lowest BCUT2D eigenvalue weighted by Crippen LogP contribution is -2.38. The predicted octanol–water partition coefficient (Wildman–Crippen LogP) is 2.23. The van der Waals surface area contributed by atoms with Crippen LogP contribution >= 0.6 is 0 Å². The Morgan fingerprint density at radius 3 is 3.00 bits per heavy atom. The molecule has 90 valence electrons. The molecule has 3 heteroatoms. The number of furan rings is 1.